The summed E-state index contributed by atoms with van der Waals surface area (Å²) in [5.41, 5.74) is 5.83. The molecule has 1 aromatic rings. The third-order valence-electron chi connectivity index (χ3n) is 2.78. The number of aldehydes is 1. The van der Waals surface area contributed by atoms with Crippen molar-refractivity contribution in [3.8, 4) is 0 Å². The summed E-state index contributed by atoms with van der Waals surface area (Å²) in [6.45, 7) is 0. The van der Waals surface area contributed by atoms with E-state index in [9.17, 15) is 4.79 Å². The molecule has 80 valence electrons. The van der Waals surface area contributed by atoms with Crippen LogP contribution in [0.1, 0.15) is 47.8 Å². The highest BCUT2D eigenvalue weighted by molar-refractivity contribution is 6.32. The van der Waals surface area contributed by atoms with Crippen LogP contribution in [0, 0.1) is 0 Å². The second-order valence-corrected chi connectivity index (χ2v) is 4.13. The molecule has 1 heterocycles. The molecule has 0 aliphatic heterocycles. The lowest BCUT2D eigenvalue weighted by Gasteiger charge is -2.09. The fourth-order valence-corrected chi connectivity index (χ4v) is 2.18. The van der Waals surface area contributed by atoms with Gasteiger partial charge in [-0.3, -0.25) is 4.79 Å². The minimum atomic E-state index is 0.166. The SMILES string of the molecule is Nc1nc(C2CCCC2)nc(Cl)c1C=O. The van der Waals surface area contributed by atoms with Gasteiger partial charge in [0, 0.05) is 5.92 Å². The predicted octanol–water partition coefficient (Wildman–Crippen LogP) is 2.18. The summed E-state index contributed by atoms with van der Waals surface area (Å²) in [4.78, 5) is 18.9. The summed E-state index contributed by atoms with van der Waals surface area (Å²) in [6, 6.07) is 0. The quantitative estimate of drug-likeness (QED) is 0.619. The van der Waals surface area contributed by atoms with Crippen LogP contribution in [0.15, 0.2) is 0 Å². The highest BCUT2D eigenvalue weighted by Crippen LogP contribution is 2.33. The third kappa shape index (κ3) is 1.95. The summed E-state index contributed by atoms with van der Waals surface area (Å²) in [7, 11) is 0. The lowest BCUT2D eigenvalue weighted by Crippen LogP contribution is -2.07. The average Bonchev–Trinajstić information content (AvgIpc) is 2.69. The molecular weight excluding hydrogens is 214 g/mol. The minimum Gasteiger partial charge on any atom is -0.383 e. The van der Waals surface area contributed by atoms with Gasteiger partial charge in [-0.05, 0) is 12.8 Å². The Balaban J connectivity index is 2.37. The molecule has 1 aromatic heterocycles. The number of nitrogen functional groups attached to an aromatic ring is 1. The van der Waals surface area contributed by atoms with E-state index in [1.54, 1.807) is 0 Å². The summed E-state index contributed by atoms with van der Waals surface area (Å²) in [6.07, 6.45) is 5.14. The van der Waals surface area contributed by atoms with Gasteiger partial charge in [-0.15, -0.1) is 0 Å². The Hall–Kier alpha value is -1.16. The van der Waals surface area contributed by atoms with Crippen molar-refractivity contribution in [2.24, 2.45) is 0 Å². The first-order chi connectivity index (χ1) is 7.22. The van der Waals surface area contributed by atoms with Crippen LogP contribution < -0.4 is 5.73 Å². The zero-order valence-corrected chi connectivity index (χ0v) is 9.00. The number of halogens is 1. The maximum atomic E-state index is 10.6. The van der Waals surface area contributed by atoms with E-state index in [-0.39, 0.29) is 16.5 Å². The third-order valence-corrected chi connectivity index (χ3v) is 3.07. The first-order valence-electron chi connectivity index (χ1n) is 5.00. The van der Waals surface area contributed by atoms with Crippen molar-refractivity contribution >= 4 is 23.7 Å². The molecule has 2 rings (SSSR count). The van der Waals surface area contributed by atoms with Crippen molar-refractivity contribution < 1.29 is 4.79 Å². The van der Waals surface area contributed by atoms with E-state index in [1.165, 1.54) is 12.8 Å². The van der Waals surface area contributed by atoms with Gasteiger partial charge >= 0.3 is 0 Å². The van der Waals surface area contributed by atoms with E-state index in [1.807, 2.05) is 0 Å². The zero-order chi connectivity index (χ0) is 10.8. The van der Waals surface area contributed by atoms with Crippen molar-refractivity contribution in [3.63, 3.8) is 0 Å². The average molecular weight is 226 g/mol. The van der Waals surface area contributed by atoms with Gasteiger partial charge in [-0.2, -0.15) is 0 Å². The number of carbonyl (C=O) groups excluding carboxylic acids is 1. The van der Waals surface area contributed by atoms with Crippen molar-refractivity contribution in [2.45, 2.75) is 31.6 Å². The van der Waals surface area contributed by atoms with Gasteiger partial charge in [-0.1, -0.05) is 24.4 Å². The van der Waals surface area contributed by atoms with Crippen molar-refractivity contribution in [2.75, 3.05) is 5.73 Å². The van der Waals surface area contributed by atoms with E-state index in [0.717, 1.165) is 12.8 Å². The van der Waals surface area contributed by atoms with E-state index in [2.05, 4.69) is 9.97 Å². The number of nitrogens with two attached hydrogens (primary N) is 1. The maximum absolute atomic E-state index is 10.6. The van der Waals surface area contributed by atoms with E-state index in [4.69, 9.17) is 17.3 Å². The molecule has 4 nitrogen and oxygen atoms in total. The lowest BCUT2D eigenvalue weighted by molar-refractivity contribution is 0.112. The maximum Gasteiger partial charge on any atom is 0.156 e. The molecule has 1 fully saturated rings. The standard InChI is InChI=1S/C10H12ClN3O/c11-8-7(5-15)9(12)14-10(13-8)6-3-1-2-4-6/h5-6H,1-4H2,(H2,12,13,14). The van der Waals surface area contributed by atoms with Crippen molar-refractivity contribution in [3.05, 3.63) is 16.5 Å². The zero-order valence-electron chi connectivity index (χ0n) is 8.24. The van der Waals surface area contributed by atoms with Crippen LogP contribution in [0.5, 0.6) is 0 Å². The largest absolute Gasteiger partial charge is 0.383 e. The Morgan fingerprint density at radius 1 is 1.33 bits per heavy atom. The Labute approximate surface area is 92.9 Å². The van der Waals surface area contributed by atoms with Gasteiger partial charge in [-0.25, -0.2) is 9.97 Å². The smallest absolute Gasteiger partial charge is 0.156 e. The van der Waals surface area contributed by atoms with Crippen LogP contribution in [0.4, 0.5) is 5.82 Å². The molecule has 0 amide bonds. The summed E-state index contributed by atoms with van der Waals surface area (Å²) in [5, 5.41) is 0.166. The number of rotatable bonds is 2. The first kappa shape index (κ1) is 10.4. The molecule has 5 heteroatoms. The monoisotopic (exact) mass is 225 g/mol. The summed E-state index contributed by atoms with van der Waals surface area (Å²) < 4.78 is 0. The highest BCUT2D eigenvalue weighted by atomic mass is 35.5. The van der Waals surface area contributed by atoms with Gasteiger partial charge in [0.25, 0.3) is 0 Å². The molecule has 15 heavy (non-hydrogen) atoms. The minimum absolute atomic E-state index is 0.166. The van der Waals surface area contributed by atoms with Gasteiger partial charge in [0.05, 0.1) is 5.56 Å². The second kappa shape index (κ2) is 4.14. The fourth-order valence-electron chi connectivity index (χ4n) is 1.95. The van der Waals surface area contributed by atoms with Crippen LogP contribution in [0.25, 0.3) is 0 Å². The number of aromatic nitrogens is 2. The van der Waals surface area contributed by atoms with Gasteiger partial charge in [0.15, 0.2) is 6.29 Å². The molecule has 1 saturated carbocycles. The molecule has 0 radical (unpaired) electrons. The second-order valence-electron chi connectivity index (χ2n) is 3.77. The van der Waals surface area contributed by atoms with Gasteiger partial charge in [0.1, 0.15) is 16.8 Å². The Kier molecular flexibility index (Phi) is 2.86. The fraction of sp³-hybridized carbons (Fsp3) is 0.500. The van der Waals surface area contributed by atoms with E-state index in [0.29, 0.717) is 18.0 Å². The van der Waals surface area contributed by atoms with Crippen molar-refractivity contribution in [1.82, 2.24) is 9.97 Å². The first-order valence-corrected chi connectivity index (χ1v) is 5.38. The molecule has 0 bridgehead atoms. The van der Waals surface area contributed by atoms with Crippen LogP contribution in [-0.4, -0.2) is 16.3 Å². The highest BCUT2D eigenvalue weighted by Gasteiger charge is 2.21. The van der Waals surface area contributed by atoms with Crippen LogP contribution in [0.3, 0.4) is 0 Å². The normalized spacial score (nSPS) is 16.9. The molecule has 1 aliphatic carbocycles. The lowest BCUT2D eigenvalue weighted by atomic mass is 10.1. The molecule has 0 saturated heterocycles. The molecule has 1 aliphatic rings. The van der Waals surface area contributed by atoms with Crippen molar-refractivity contribution in [1.29, 1.82) is 0 Å². The van der Waals surface area contributed by atoms with E-state index < -0.39 is 0 Å². The number of nitrogens with zero attached hydrogens (tertiary/aromatic N) is 2. The summed E-state index contributed by atoms with van der Waals surface area (Å²) in [5.74, 6) is 1.22. The number of hydrogen-bond donors (Lipinski definition) is 1. The number of hydrogen-bond acceptors (Lipinski definition) is 4. The molecular formula is C10H12ClN3O. The molecule has 2 N–H and O–H groups in total. The molecule has 0 spiro atoms. The van der Waals surface area contributed by atoms with Gasteiger partial charge in [0.2, 0.25) is 0 Å². The van der Waals surface area contributed by atoms with E-state index >= 15 is 0 Å². The van der Waals surface area contributed by atoms with Gasteiger partial charge < -0.3 is 5.73 Å². The summed E-state index contributed by atoms with van der Waals surface area (Å²) >= 11 is 5.85. The number of anilines is 1. The predicted molar refractivity (Wildman–Crippen MR) is 58.1 cm³/mol. The molecule has 0 atom stereocenters. The van der Waals surface area contributed by atoms with Crippen LogP contribution in [-0.2, 0) is 0 Å². The Morgan fingerprint density at radius 2 is 2.00 bits per heavy atom. The Bertz CT molecular complexity index is 365. The topological polar surface area (TPSA) is 68.9 Å². The van der Waals surface area contributed by atoms with Crippen LogP contribution in [0.2, 0.25) is 5.15 Å². The molecule has 0 aromatic carbocycles. The Morgan fingerprint density at radius 3 is 2.53 bits per heavy atom. The molecule has 0 unspecified atom stereocenters. The van der Waals surface area contributed by atoms with Crippen LogP contribution >= 0.6 is 11.6 Å². The number of carbonyl (C=O) groups is 1.